The van der Waals surface area contributed by atoms with E-state index in [4.69, 9.17) is 37.0 Å². The smallest absolute Gasteiger partial charge is 0.462 e. The molecule has 90 heavy (non-hydrogen) atoms. The maximum atomic E-state index is 13.0. The summed E-state index contributed by atoms with van der Waals surface area (Å²) in [6, 6.07) is 0. The lowest BCUT2D eigenvalue weighted by Gasteiger charge is -2.21. The molecule has 0 aromatic rings. The Kier molecular flexibility index (Phi) is 63.0. The van der Waals surface area contributed by atoms with Crippen molar-refractivity contribution in [3.05, 3.63) is 0 Å². The Labute approximate surface area is 549 Å². The molecule has 0 radical (unpaired) electrons. The van der Waals surface area contributed by atoms with Crippen LogP contribution in [-0.4, -0.2) is 96.7 Å². The Morgan fingerprint density at radius 1 is 0.300 bits per heavy atom. The summed E-state index contributed by atoms with van der Waals surface area (Å²) >= 11 is 0. The second-order valence-electron chi connectivity index (χ2n) is 26.1. The number of unbranched alkanes of at least 4 members (excludes halogenated alkanes) is 43. The Balaban J connectivity index is 5.13. The summed E-state index contributed by atoms with van der Waals surface area (Å²) in [6.45, 7) is 7.23. The molecular formula is C71H138O17P2. The van der Waals surface area contributed by atoms with E-state index in [0.29, 0.717) is 25.7 Å². The third kappa shape index (κ3) is 64.8. The number of hydrogen-bond acceptors (Lipinski definition) is 15. The molecule has 0 saturated heterocycles. The van der Waals surface area contributed by atoms with E-state index in [2.05, 4.69) is 34.6 Å². The molecule has 5 atom stereocenters. The number of esters is 4. The van der Waals surface area contributed by atoms with Crippen LogP contribution in [0.1, 0.15) is 369 Å². The van der Waals surface area contributed by atoms with Crippen molar-refractivity contribution in [1.82, 2.24) is 0 Å². The third-order valence-electron chi connectivity index (χ3n) is 16.5. The van der Waals surface area contributed by atoms with Crippen molar-refractivity contribution in [1.29, 1.82) is 0 Å². The second kappa shape index (κ2) is 64.4. The maximum Gasteiger partial charge on any atom is 0.472 e. The molecule has 3 N–H and O–H groups in total. The molecule has 0 saturated carbocycles. The molecule has 0 fully saturated rings. The monoisotopic (exact) mass is 1320 g/mol. The number of rotatable bonds is 71. The van der Waals surface area contributed by atoms with Gasteiger partial charge in [-0.2, -0.15) is 0 Å². The molecule has 0 bridgehead atoms. The van der Waals surface area contributed by atoms with E-state index in [0.717, 1.165) is 109 Å². The van der Waals surface area contributed by atoms with Crippen molar-refractivity contribution in [2.24, 2.45) is 5.92 Å². The highest BCUT2D eigenvalue weighted by Gasteiger charge is 2.30. The van der Waals surface area contributed by atoms with Crippen LogP contribution in [0.4, 0.5) is 0 Å². The molecule has 0 aliphatic rings. The van der Waals surface area contributed by atoms with Gasteiger partial charge in [-0.1, -0.05) is 317 Å². The predicted octanol–water partition coefficient (Wildman–Crippen LogP) is 20.5. The van der Waals surface area contributed by atoms with Crippen LogP contribution in [0.3, 0.4) is 0 Å². The van der Waals surface area contributed by atoms with Crippen molar-refractivity contribution in [3.8, 4) is 0 Å². The highest BCUT2D eigenvalue weighted by Crippen LogP contribution is 2.45. The van der Waals surface area contributed by atoms with Crippen LogP contribution in [0.5, 0.6) is 0 Å². The molecule has 2 unspecified atom stereocenters. The topological polar surface area (TPSA) is 237 Å². The lowest BCUT2D eigenvalue weighted by atomic mass is 10.0. The molecule has 0 amide bonds. The van der Waals surface area contributed by atoms with Gasteiger partial charge in [0.15, 0.2) is 12.2 Å². The summed E-state index contributed by atoms with van der Waals surface area (Å²) in [5, 5.41) is 10.6. The minimum absolute atomic E-state index is 0.105. The molecule has 0 aliphatic carbocycles. The van der Waals surface area contributed by atoms with Crippen LogP contribution in [0.15, 0.2) is 0 Å². The Morgan fingerprint density at radius 3 is 0.756 bits per heavy atom. The summed E-state index contributed by atoms with van der Waals surface area (Å²) in [5.41, 5.74) is 0. The van der Waals surface area contributed by atoms with Gasteiger partial charge in [0.05, 0.1) is 26.4 Å². The number of carbonyl (C=O) groups is 4. The van der Waals surface area contributed by atoms with Gasteiger partial charge in [-0.15, -0.1) is 0 Å². The van der Waals surface area contributed by atoms with E-state index in [9.17, 15) is 43.2 Å². The molecule has 0 spiro atoms. The Morgan fingerprint density at radius 2 is 0.511 bits per heavy atom. The molecule has 0 aromatic heterocycles. The van der Waals surface area contributed by atoms with Gasteiger partial charge in [0.25, 0.3) is 0 Å². The van der Waals surface area contributed by atoms with Crippen LogP contribution in [0.2, 0.25) is 0 Å². The van der Waals surface area contributed by atoms with Gasteiger partial charge in [-0.05, 0) is 31.6 Å². The normalized spacial score (nSPS) is 14.1. The summed E-state index contributed by atoms with van der Waals surface area (Å²) in [4.78, 5) is 72.3. The molecule has 534 valence electrons. The summed E-state index contributed by atoms with van der Waals surface area (Å²) in [5.74, 6) is -1.31. The SMILES string of the molecule is CCCCCCCCCCCCCCCC(=O)OC[C@H](COP(=O)(O)OC[C@@H](O)COP(=O)(O)OC[C@@H](COC(=O)CCCCCCCCCC)OC(=O)CCCCCCCCCC)OC(=O)CCCCCCCCCCCCCCCCCCCCC(C)C. The van der Waals surface area contributed by atoms with Crippen LogP contribution in [-0.2, 0) is 65.4 Å². The van der Waals surface area contributed by atoms with E-state index < -0.39 is 97.5 Å². The van der Waals surface area contributed by atoms with Crippen LogP contribution >= 0.6 is 15.6 Å². The number of aliphatic hydroxyl groups is 1. The fourth-order valence-electron chi connectivity index (χ4n) is 10.8. The van der Waals surface area contributed by atoms with Gasteiger partial charge in [0, 0.05) is 25.7 Å². The average Bonchev–Trinajstić information content (AvgIpc) is 2.92. The Hall–Kier alpha value is -1.94. The number of phosphoric ester groups is 2. The van der Waals surface area contributed by atoms with Crippen LogP contribution in [0.25, 0.3) is 0 Å². The minimum Gasteiger partial charge on any atom is -0.462 e. The highest BCUT2D eigenvalue weighted by atomic mass is 31.2. The fraction of sp³-hybridized carbons (Fsp3) is 0.944. The van der Waals surface area contributed by atoms with E-state index >= 15 is 0 Å². The quantitative estimate of drug-likeness (QED) is 0.0222. The lowest BCUT2D eigenvalue weighted by Crippen LogP contribution is -2.30. The number of hydrogen-bond donors (Lipinski definition) is 3. The number of phosphoric acid groups is 2. The van der Waals surface area contributed by atoms with Crippen LogP contribution in [0, 0.1) is 5.92 Å². The molecule has 19 heteroatoms. The third-order valence-corrected chi connectivity index (χ3v) is 18.4. The predicted molar refractivity (Wildman–Crippen MR) is 363 cm³/mol. The molecular weight excluding hydrogens is 1190 g/mol. The maximum absolute atomic E-state index is 13.0. The fourth-order valence-corrected chi connectivity index (χ4v) is 12.4. The zero-order valence-electron chi connectivity index (χ0n) is 58.3. The zero-order chi connectivity index (χ0) is 66.3. The van der Waals surface area contributed by atoms with Crippen molar-refractivity contribution in [2.75, 3.05) is 39.6 Å². The largest absolute Gasteiger partial charge is 0.472 e. The lowest BCUT2D eigenvalue weighted by molar-refractivity contribution is -0.161. The van der Waals surface area contributed by atoms with Gasteiger partial charge in [0.2, 0.25) is 0 Å². The molecule has 0 aliphatic heterocycles. The van der Waals surface area contributed by atoms with E-state index in [1.54, 1.807) is 0 Å². The second-order valence-corrected chi connectivity index (χ2v) is 29.0. The summed E-state index contributed by atoms with van der Waals surface area (Å²) in [6.07, 6.45) is 51.5. The summed E-state index contributed by atoms with van der Waals surface area (Å²) in [7, 11) is -9.89. The summed E-state index contributed by atoms with van der Waals surface area (Å²) < 4.78 is 68.1. The van der Waals surface area contributed by atoms with E-state index in [1.807, 2.05) is 0 Å². The molecule has 0 aromatic carbocycles. The number of carbonyl (C=O) groups excluding carboxylic acids is 4. The van der Waals surface area contributed by atoms with Gasteiger partial charge >= 0.3 is 39.5 Å². The van der Waals surface area contributed by atoms with Gasteiger partial charge in [-0.25, -0.2) is 9.13 Å². The van der Waals surface area contributed by atoms with Crippen LogP contribution < -0.4 is 0 Å². The first-order chi connectivity index (χ1) is 43.5. The molecule has 0 heterocycles. The van der Waals surface area contributed by atoms with Crippen molar-refractivity contribution in [2.45, 2.75) is 387 Å². The van der Waals surface area contributed by atoms with Crippen molar-refractivity contribution < 1.29 is 80.2 Å². The van der Waals surface area contributed by atoms with Gasteiger partial charge in [-0.3, -0.25) is 37.3 Å². The van der Waals surface area contributed by atoms with Crippen molar-refractivity contribution in [3.63, 3.8) is 0 Å². The average molecular weight is 1330 g/mol. The van der Waals surface area contributed by atoms with E-state index in [1.165, 1.54) is 180 Å². The van der Waals surface area contributed by atoms with E-state index in [-0.39, 0.29) is 25.7 Å². The first-order valence-electron chi connectivity index (χ1n) is 37.1. The molecule has 17 nitrogen and oxygen atoms in total. The first-order valence-corrected chi connectivity index (χ1v) is 40.1. The Bertz CT molecular complexity index is 1740. The van der Waals surface area contributed by atoms with Gasteiger partial charge in [0.1, 0.15) is 19.3 Å². The zero-order valence-corrected chi connectivity index (χ0v) is 60.1. The highest BCUT2D eigenvalue weighted by molar-refractivity contribution is 7.47. The minimum atomic E-state index is -4.95. The van der Waals surface area contributed by atoms with Gasteiger partial charge < -0.3 is 33.8 Å². The first kappa shape index (κ1) is 88.1. The van der Waals surface area contributed by atoms with Crippen molar-refractivity contribution >= 4 is 39.5 Å². The molecule has 0 rings (SSSR count). The standard InChI is InChI=1S/C71H138O17P2/c1-6-9-12-15-18-21-22-29-33-36-41-45-50-55-69(74)82-61-67(88-71(76)57-52-47-42-37-34-31-28-26-24-23-25-27-30-32-35-38-43-48-53-64(4)5)63-86-90(79,80)84-59-65(72)58-83-89(77,78)85-62-66(87-70(75)56-51-46-40-20-17-14-11-8-3)60-81-68(73)54-49-44-39-19-16-13-10-7-2/h64-67,72H,6-63H2,1-5H3,(H,77,78)(H,79,80)/t65-,66+,67+/m0/s1. The number of aliphatic hydroxyl groups excluding tert-OH is 1. The number of ether oxygens (including phenoxy) is 4.